The van der Waals surface area contributed by atoms with Gasteiger partial charge in [-0.2, -0.15) is 0 Å². The van der Waals surface area contributed by atoms with Crippen molar-refractivity contribution in [1.82, 2.24) is 4.90 Å². The molecule has 1 aliphatic heterocycles. The van der Waals surface area contributed by atoms with Gasteiger partial charge in [0.05, 0.1) is 0 Å². The van der Waals surface area contributed by atoms with Gasteiger partial charge >= 0.3 is 0 Å². The van der Waals surface area contributed by atoms with Crippen molar-refractivity contribution in [3.63, 3.8) is 0 Å². The van der Waals surface area contributed by atoms with E-state index >= 15 is 0 Å². The summed E-state index contributed by atoms with van der Waals surface area (Å²) in [4.78, 5) is 5.04. The first-order valence-corrected chi connectivity index (χ1v) is 6.95. The van der Waals surface area contributed by atoms with Gasteiger partial charge in [0.15, 0.2) is 0 Å². The van der Waals surface area contributed by atoms with E-state index in [2.05, 4.69) is 41.8 Å². The zero-order valence-electron chi connectivity index (χ0n) is 11.7. The average Bonchev–Trinajstić information content (AvgIpc) is 2.40. The topological polar surface area (TPSA) is 32.5 Å². The molecule has 2 rings (SSSR count). The monoisotopic (exact) mass is 247 g/mol. The van der Waals surface area contributed by atoms with Crippen molar-refractivity contribution in [3.8, 4) is 0 Å². The van der Waals surface area contributed by atoms with Crippen LogP contribution in [0.15, 0.2) is 18.2 Å². The normalized spacial score (nSPS) is 17.2. The third-order valence-electron chi connectivity index (χ3n) is 3.76. The Morgan fingerprint density at radius 3 is 2.50 bits per heavy atom. The van der Waals surface area contributed by atoms with Crippen molar-refractivity contribution in [2.45, 2.75) is 20.3 Å². The highest BCUT2D eigenvalue weighted by Crippen LogP contribution is 2.22. The van der Waals surface area contributed by atoms with E-state index in [1.54, 1.807) is 0 Å². The number of nitrogens with two attached hydrogens (primary N) is 1. The lowest BCUT2D eigenvalue weighted by Crippen LogP contribution is -2.47. The molecule has 100 valence electrons. The van der Waals surface area contributed by atoms with E-state index in [9.17, 15) is 0 Å². The number of benzene rings is 1. The summed E-state index contributed by atoms with van der Waals surface area (Å²) in [5.41, 5.74) is 9.71. The Bertz CT molecular complexity index is 381. The van der Waals surface area contributed by atoms with Gasteiger partial charge < -0.3 is 10.6 Å². The predicted molar refractivity (Wildman–Crippen MR) is 78.2 cm³/mol. The molecule has 0 bridgehead atoms. The fraction of sp³-hybridized carbons (Fsp3) is 0.600. The lowest BCUT2D eigenvalue weighted by Gasteiger charge is -2.37. The number of anilines is 1. The number of hydrogen-bond acceptors (Lipinski definition) is 3. The van der Waals surface area contributed by atoms with Crippen LogP contribution in [-0.4, -0.2) is 44.2 Å². The lowest BCUT2D eigenvalue weighted by atomic mass is 10.1. The van der Waals surface area contributed by atoms with Crippen molar-refractivity contribution in [1.29, 1.82) is 0 Å². The van der Waals surface area contributed by atoms with Crippen LogP contribution in [0.3, 0.4) is 0 Å². The molecule has 1 heterocycles. The molecule has 0 radical (unpaired) electrons. The van der Waals surface area contributed by atoms with Gasteiger partial charge in [-0.05, 0) is 50.6 Å². The smallest absolute Gasteiger partial charge is 0.0399 e. The summed E-state index contributed by atoms with van der Waals surface area (Å²) >= 11 is 0. The molecule has 1 aliphatic rings. The van der Waals surface area contributed by atoms with Crippen LogP contribution in [-0.2, 0) is 0 Å². The van der Waals surface area contributed by atoms with Crippen LogP contribution in [0, 0.1) is 13.8 Å². The second-order valence-electron chi connectivity index (χ2n) is 5.26. The van der Waals surface area contributed by atoms with E-state index in [0.717, 1.165) is 45.7 Å². The first-order chi connectivity index (χ1) is 8.70. The fourth-order valence-corrected chi connectivity index (χ4v) is 2.59. The second-order valence-corrected chi connectivity index (χ2v) is 5.26. The Kier molecular flexibility index (Phi) is 4.61. The van der Waals surface area contributed by atoms with Crippen LogP contribution in [0.2, 0.25) is 0 Å². The minimum Gasteiger partial charge on any atom is -0.369 e. The molecule has 0 saturated carbocycles. The molecule has 18 heavy (non-hydrogen) atoms. The molecular weight excluding hydrogens is 222 g/mol. The minimum absolute atomic E-state index is 0.803. The van der Waals surface area contributed by atoms with Crippen LogP contribution in [0.25, 0.3) is 0 Å². The second kappa shape index (κ2) is 6.21. The zero-order valence-corrected chi connectivity index (χ0v) is 11.7. The Morgan fingerprint density at radius 2 is 1.83 bits per heavy atom. The van der Waals surface area contributed by atoms with Crippen LogP contribution < -0.4 is 10.6 Å². The molecule has 2 N–H and O–H groups in total. The van der Waals surface area contributed by atoms with E-state index < -0.39 is 0 Å². The van der Waals surface area contributed by atoms with Crippen molar-refractivity contribution >= 4 is 5.69 Å². The van der Waals surface area contributed by atoms with Gasteiger partial charge in [-0.3, -0.25) is 4.90 Å². The number of hydrogen-bond donors (Lipinski definition) is 1. The SMILES string of the molecule is Cc1ccc(C)c(N2CCN(CCCN)CC2)c1. The highest BCUT2D eigenvalue weighted by molar-refractivity contribution is 5.55. The van der Waals surface area contributed by atoms with E-state index in [0.29, 0.717) is 0 Å². The molecule has 1 aromatic carbocycles. The fourth-order valence-electron chi connectivity index (χ4n) is 2.59. The predicted octanol–water partition coefficient (Wildman–Crippen LogP) is 1.77. The van der Waals surface area contributed by atoms with Crippen molar-refractivity contribution in [2.24, 2.45) is 5.73 Å². The summed E-state index contributed by atoms with van der Waals surface area (Å²) in [5, 5.41) is 0. The third kappa shape index (κ3) is 3.24. The number of piperazine rings is 1. The maximum atomic E-state index is 5.56. The van der Waals surface area contributed by atoms with Gasteiger partial charge in [-0.25, -0.2) is 0 Å². The van der Waals surface area contributed by atoms with Gasteiger partial charge in [0.25, 0.3) is 0 Å². The molecule has 1 aromatic rings. The van der Waals surface area contributed by atoms with Gasteiger partial charge in [0.1, 0.15) is 0 Å². The molecule has 0 spiro atoms. The molecule has 1 saturated heterocycles. The highest BCUT2D eigenvalue weighted by Gasteiger charge is 2.17. The lowest BCUT2D eigenvalue weighted by molar-refractivity contribution is 0.256. The largest absolute Gasteiger partial charge is 0.369 e. The molecule has 1 fully saturated rings. The quantitative estimate of drug-likeness (QED) is 0.880. The molecular formula is C15H25N3. The van der Waals surface area contributed by atoms with Crippen LogP contribution in [0.5, 0.6) is 0 Å². The third-order valence-corrected chi connectivity index (χ3v) is 3.76. The highest BCUT2D eigenvalue weighted by atomic mass is 15.3. The number of aryl methyl sites for hydroxylation is 2. The summed E-state index contributed by atoms with van der Waals surface area (Å²) in [6, 6.07) is 6.73. The molecule has 0 unspecified atom stereocenters. The average molecular weight is 247 g/mol. The minimum atomic E-state index is 0.803. The first kappa shape index (κ1) is 13.4. The standard InChI is InChI=1S/C15H25N3/c1-13-4-5-14(2)15(12-13)18-10-8-17(9-11-18)7-3-6-16/h4-5,12H,3,6-11,16H2,1-2H3. The van der Waals surface area contributed by atoms with E-state index in [-0.39, 0.29) is 0 Å². The summed E-state index contributed by atoms with van der Waals surface area (Å²) in [6.45, 7) is 10.9. The maximum Gasteiger partial charge on any atom is 0.0399 e. The van der Waals surface area contributed by atoms with Crippen molar-refractivity contribution < 1.29 is 0 Å². The van der Waals surface area contributed by atoms with E-state index in [1.807, 2.05) is 0 Å². The Hall–Kier alpha value is -1.06. The Balaban J connectivity index is 1.94. The summed E-state index contributed by atoms with van der Waals surface area (Å²) in [5.74, 6) is 0. The Morgan fingerprint density at radius 1 is 1.11 bits per heavy atom. The van der Waals surface area contributed by atoms with Gasteiger partial charge in [0.2, 0.25) is 0 Å². The summed E-state index contributed by atoms with van der Waals surface area (Å²) in [7, 11) is 0. The molecule has 0 aliphatic carbocycles. The number of rotatable bonds is 4. The molecule has 3 nitrogen and oxygen atoms in total. The van der Waals surface area contributed by atoms with E-state index in [4.69, 9.17) is 5.73 Å². The zero-order chi connectivity index (χ0) is 13.0. The van der Waals surface area contributed by atoms with Crippen LogP contribution in [0.1, 0.15) is 17.5 Å². The molecule has 0 atom stereocenters. The Labute approximate surface area is 111 Å². The maximum absolute atomic E-state index is 5.56. The van der Waals surface area contributed by atoms with Crippen LogP contribution >= 0.6 is 0 Å². The van der Waals surface area contributed by atoms with Crippen molar-refractivity contribution in [2.75, 3.05) is 44.2 Å². The molecule has 3 heteroatoms. The van der Waals surface area contributed by atoms with Crippen molar-refractivity contribution in [3.05, 3.63) is 29.3 Å². The van der Waals surface area contributed by atoms with E-state index in [1.165, 1.54) is 16.8 Å². The molecule has 0 amide bonds. The van der Waals surface area contributed by atoms with Crippen LogP contribution in [0.4, 0.5) is 5.69 Å². The van der Waals surface area contributed by atoms with Gasteiger partial charge in [-0.15, -0.1) is 0 Å². The first-order valence-electron chi connectivity index (χ1n) is 6.95. The summed E-state index contributed by atoms with van der Waals surface area (Å²) in [6.07, 6.45) is 1.11. The summed E-state index contributed by atoms with van der Waals surface area (Å²) < 4.78 is 0. The van der Waals surface area contributed by atoms with Gasteiger partial charge in [-0.1, -0.05) is 12.1 Å². The molecule has 0 aromatic heterocycles. The number of nitrogens with zero attached hydrogens (tertiary/aromatic N) is 2. The van der Waals surface area contributed by atoms with Gasteiger partial charge in [0, 0.05) is 31.9 Å².